The minimum Gasteiger partial charge on any atom is -0.480 e. The summed E-state index contributed by atoms with van der Waals surface area (Å²) in [6.07, 6.45) is 0.466. The Bertz CT molecular complexity index is 690. The first kappa shape index (κ1) is 15.6. The minimum atomic E-state index is -0.939. The third-order valence-corrected chi connectivity index (χ3v) is 5.09. The Morgan fingerprint density at radius 2 is 1.61 bits per heavy atom. The first-order chi connectivity index (χ1) is 11.1. The van der Waals surface area contributed by atoms with Gasteiger partial charge in [-0.25, -0.2) is 4.79 Å². The Hall–Kier alpha value is -2.27. The van der Waals surface area contributed by atoms with Crippen molar-refractivity contribution in [2.24, 2.45) is 0 Å². The van der Waals surface area contributed by atoms with E-state index in [-0.39, 0.29) is 11.2 Å². The number of thioether (sulfide) groups is 1. The maximum Gasteiger partial charge on any atom is 0.326 e. The van der Waals surface area contributed by atoms with Gasteiger partial charge in [-0.2, -0.15) is 0 Å². The van der Waals surface area contributed by atoms with Crippen molar-refractivity contribution in [2.75, 3.05) is 6.54 Å². The van der Waals surface area contributed by atoms with Gasteiger partial charge in [-0.3, -0.25) is 4.79 Å². The van der Waals surface area contributed by atoms with E-state index in [0.717, 1.165) is 4.90 Å². The van der Waals surface area contributed by atoms with Crippen molar-refractivity contribution in [3.8, 4) is 0 Å². The topological polar surface area (TPSA) is 57.6 Å². The second kappa shape index (κ2) is 6.87. The minimum absolute atomic E-state index is 0.0890. The molecule has 2 aromatic rings. The van der Waals surface area contributed by atoms with Gasteiger partial charge in [0.05, 0.1) is 0 Å². The average Bonchev–Trinajstić information content (AvgIpc) is 3.00. The number of aliphatic carboxylic acids is 1. The number of carbonyl (C=O) groups excluding carboxylic acids is 1. The van der Waals surface area contributed by atoms with E-state index >= 15 is 0 Å². The number of likely N-dealkylation sites (tertiary alicyclic amines) is 1. The van der Waals surface area contributed by atoms with Crippen molar-refractivity contribution in [1.82, 2.24) is 4.90 Å². The summed E-state index contributed by atoms with van der Waals surface area (Å²) in [7, 11) is 0. The molecule has 1 fully saturated rings. The van der Waals surface area contributed by atoms with E-state index in [1.54, 1.807) is 36.0 Å². The van der Waals surface area contributed by atoms with Gasteiger partial charge in [-0.15, -0.1) is 11.8 Å². The molecular formula is C18H17NO3S. The van der Waals surface area contributed by atoms with Crippen LogP contribution >= 0.6 is 11.8 Å². The van der Waals surface area contributed by atoms with Crippen LogP contribution in [0.25, 0.3) is 0 Å². The number of nitrogens with zero attached hydrogens (tertiary/aromatic N) is 1. The highest BCUT2D eigenvalue weighted by Gasteiger charge is 2.40. The molecule has 1 aliphatic heterocycles. The highest BCUT2D eigenvalue weighted by Crippen LogP contribution is 2.33. The maximum absolute atomic E-state index is 12.6. The lowest BCUT2D eigenvalue weighted by molar-refractivity contribution is -0.141. The lowest BCUT2D eigenvalue weighted by Crippen LogP contribution is -2.40. The van der Waals surface area contributed by atoms with Crippen LogP contribution < -0.4 is 0 Å². The second-order valence-electron chi connectivity index (χ2n) is 5.47. The molecule has 0 saturated carbocycles. The van der Waals surface area contributed by atoms with Gasteiger partial charge in [-0.05, 0) is 30.7 Å². The maximum atomic E-state index is 12.6. The van der Waals surface area contributed by atoms with Crippen LogP contribution in [0.15, 0.2) is 65.6 Å². The van der Waals surface area contributed by atoms with Crippen molar-refractivity contribution < 1.29 is 14.7 Å². The van der Waals surface area contributed by atoms with Crippen LogP contribution in [0.1, 0.15) is 16.8 Å². The van der Waals surface area contributed by atoms with Crippen molar-refractivity contribution in [1.29, 1.82) is 0 Å². The monoisotopic (exact) mass is 327 g/mol. The van der Waals surface area contributed by atoms with Gasteiger partial charge in [0.15, 0.2) is 0 Å². The predicted molar refractivity (Wildman–Crippen MR) is 89.6 cm³/mol. The molecule has 1 N–H and O–H groups in total. The molecule has 23 heavy (non-hydrogen) atoms. The van der Waals surface area contributed by atoms with Gasteiger partial charge in [0, 0.05) is 22.3 Å². The number of benzene rings is 2. The zero-order valence-electron chi connectivity index (χ0n) is 12.5. The quantitative estimate of drug-likeness (QED) is 0.937. The standard InChI is InChI=1S/C18H17NO3S/c20-17(13-7-3-1-4-8-13)19-12-15(11-16(19)18(21)22)23-14-9-5-2-6-10-14/h1-10,15-16H,11-12H2,(H,21,22)/t15?,16-/m0/s1. The fourth-order valence-electron chi connectivity index (χ4n) is 2.78. The van der Waals surface area contributed by atoms with Crippen molar-refractivity contribution >= 4 is 23.6 Å². The van der Waals surface area contributed by atoms with Crippen LogP contribution in [0.5, 0.6) is 0 Å². The van der Waals surface area contributed by atoms with E-state index in [1.807, 2.05) is 36.4 Å². The molecule has 1 heterocycles. The highest BCUT2D eigenvalue weighted by molar-refractivity contribution is 8.00. The summed E-state index contributed by atoms with van der Waals surface area (Å²) in [5, 5.41) is 9.55. The van der Waals surface area contributed by atoms with E-state index in [1.165, 1.54) is 4.90 Å². The van der Waals surface area contributed by atoms with E-state index in [4.69, 9.17) is 0 Å². The summed E-state index contributed by atoms with van der Waals surface area (Å²) >= 11 is 1.63. The Balaban J connectivity index is 1.76. The Morgan fingerprint density at radius 1 is 1.00 bits per heavy atom. The molecule has 0 aromatic heterocycles. The molecular weight excluding hydrogens is 310 g/mol. The smallest absolute Gasteiger partial charge is 0.326 e. The number of carboxylic acids is 1. The van der Waals surface area contributed by atoms with Crippen LogP contribution in [0.3, 0.4) is 0 Å². The van der Waals surface area contributed by atoms with Crippen molar-refractivity contribution in [3.05, 3.63) is 66.2 Å². The summed E-state index contributed by atoms with van der Waals surface area (Å²) in [4.78, 5) is 26.7. The summed E-state index contributed by atoms with van der Waals surface area (Å²) in [5.41, 5.74) is 0.532. The second-order valence-corrected chi connectivity index (χ2v) is 6.84. The van der Waals surface area contributed by atoms with Crippen LogP contribution in [-0.2, 0) is 4.79 Å². The van der Waals surface area contributed by atoms with E-state index in [0.29, 0.717) is 18.5 Å². The lowest BCUT2D eigenvalue weighted by atomic mass is 10.1. The third-order valence-electron chi connectivity index (χ3n) is 3.88. The van der Waals surface area contributed by atoms with Crippen LogP contribution in [0.4, 0.5) is 0 Å². The molecule has 1 saturated heterocycles. The zero-order chi connectivity index (χ0) is 16.2. The molecule has 0 radical (unpaired) electrons. The highest BCUT2D eigenvalue weighted by atomic mass is 32.2. The van der Waals surface area contributed by atoms with E-state index in [2.05, 4.69) is 0 Å². The zero-order valence-corrected chi connectivity index (χ0v) is 13.3. The molecule has 0 aliphatic carbocycles. The summed E-state index contributed by atoms with van der Waals surface area (Å²) in [6.45, 7) is 0.449. The number of carbonyl (C=O) groups is 2. The number of hydrogen-bond acceptors (Lipinski definition) is 3. The predicted octanol–water partition coefficient (Wildman–Crippen LogP) is 3.15. The molecule has 1 aliphatic rings. The Morgan fingerprint density at radius 3 is 2.22 bits per heavy atom. The lowest BCUT2D eigenvalue weighted by Gasteiger charge is -2.21. The van der Waals surface area contributed by atoms with Crippen LogP contribution in [0.2, 0.25) is 0 Å². The Kier molecular flexibility index (Phi) is 4.67. The fourth-order valence-corrected chi connectivity index (χ4v) is 3.99. The van der Waals surface area contributed by atoms with Gasteiger partial charge in [0.25, 0.3) is 5.91 Å². The van der Waals surface area contributed by atoms with Crippen LogP contribution in [0, 0.1) is 0 Å². The Labute approximate surface area is 139 Å². The molecule has 2 aromatic carbocycles. The molecule has 4 nitrogen and oxygen atoms in total. The molecule has 1 unspecified atom stereocenters. The normalized spacial score (nSPS) is 20.4. The summed E-state index contributed by atoms with van der Waals surface area (Å²) in [6, 6.07) is 18.0. The summed E-state index contributed by atoms with van der Waals surface area (Å²) in [5.74, 6) is -1.15. The fraction of sp³-hybridized carbons (Fsp3) is 0.222. The summed E-state index contributed by atoms with van der Waals surface area (Å²) < 4.78 is 0. The molecule has 0 spiro atoms. The van der Waals surface area contributed by atoms with Gasteiger partial charge in [-0.1, -0.05) is 36.4 Å². The van der Waals surface area contributed by atoms with Crippen molar-refractivity contribution in [3.63, 3.8) is 0 Å². The molecule has 0 bridgehead atoms. The number of hydrogen-bond donors (Lipinski definition) is 1. The molecule has 2 atom stereocenters. The van der Waals surface area contributed by atoms with E-state index in [9.17, 15) is 14.7 Å². The van der Waals surface area contributed by atoms with Gasteiger partial charge in [0.2, 0.25) is 0 Å². The average molecular weight is 327 g/mol. The molecule has 3 rings (SSSR count). The first-order valence-electron chi connectivity index (χ1n) is 7.45. The molecule has 5 heteroatoms. The number of amides is 1. The molecule has 118 valence electrons. The number of carboxylic acid groups (broad SMARTS) is 1. The third kappa shape index (κ3) is 3.56. The first-order valence-corrected chi connectivity index (χ1v) is 8.33. The van der Waals surface area contributed by atoms with E-state index < -0.39 is 12.0 Å². The van der Waals surface area contributed by atoms with Gasteiger partial charge >= 0.3 is 5.97 Å². The SMILES string of the molecule is O=C(O)[C@@H]1CC(Sc2ccccc2)CN1C(=O)c1ccccc1. The number of rotatable bonds is 4. The largest absolute Gasteiger partial charge is 0.480 e. The van der Waals surface area contributed by atoms with Crippen molar-refractivity contribution in [2.45, 2.75) is 22.6 Å². The van der Waals surface area contributed by atoms with Gasteiger partial charge < -0.3 is 10.0 Å². The van der Waals surface area contributed by atoms with Crippen LogP contribution in [-0.4, -0.2) is 39.7 Å². The van der Waals surface area contributed by atoms with Gasteiger partial charge in [0.1, 0.15) is 6.04 Å². The molecule has 1 amide bonds.